The van der Waals surface area contributed by atoms with Gasteiger partial charge in [-0.3, -0.25) is 4.90 Å². The Morgan fingerprint density at radius 2 is 1.94 bits per heavy atom. The molecule has 106 valence electrons. The first-order chi connectivity index (χ1) is 8.78. The van der Waals surface area contributed by atoms with Gasteiger partial charge in [-0.2, -0.15) is 0 Å². The Balaban J connectivity index is 1.91. The van der Waals surface area contributed by atoms with E-state index in [1.54, 1.807) is 0 Å². The molecule has 0 bridgehead atoms. The Morgan fingerprint density at radius 1 is 1.17 bits per heavy atom. The highest BCUT2D eigenvalue weighted by atomic mass is 15.2. The zero-order chi connectivity index (χ0) is 13.0. The van der Waals surface area contributed by atoms with Crippen LogP contribution in [0.2, 0.25) is 0 Å². The van der Waals surface area contributed by atoms with Crippen LogP contribution in [0.15, 0.2) is 0 Å². The van der Waals surface area contributed by atoms with Crippen LogP contribution in [0.5, 0.6) is 0 Å². The van der Waals surface area contributed by atoms with Crippen molar-refractivity contribution in [2.45, 2.75) is 71.4 Å². The predicted molar refractivity (Wildman–Crippen MR) is 78.9 cm³/mol. The maximum Gasteiger partial charge on any atom is 0.0198 e. The first-order valence-electron chi connectivity index (χ1n) is 8.25. The van der Waals surface area contributed by atoms with Gasteiger partial charge >= 0.3 is 0 Å². The summed E-state index contributed by atoms with van der Waals surface area (Å²) in [5.41, 5.74) is 0. The van der Waals surface area contributed by atoms with E-state index in [1.165, 1.54) is 58.2 Å². The molecule has 2 rings (SSSR count). The van der Waals surface area contributed by atoms with Gasteiger partial charge in [0.1, 0.15) is 0 Å². The fraction of sp³-hybridized carbons (Fsp3) is 1.00. The van der Waals surface area contributed by atoms with Crippen LogP contribution in [0.4, 0.5) is 0 Å². The number of piperidine rings is 1. The van der Waals surface area contributed by atoms with Crippen molar-refractivity contribution in [1.82, 2.24) is 10.2 Å². The number of hydrogen-bond acceptors (Lipinski definition) is 2. The molecule has 1 aliphatic carbocycles. The van der Waals surface area contributed by atoms with Crippen LogP contribution in [-0.4, -0.2) is 36.6 Å². The summed E-state index contributed by atoms with van der Waals surface area (Å²) in [6.07, 6.45) is 8.32. The maximum atomic E-state index is 3.76. The Hall–Kier alpha value is -0.0800. The molecule has 2 nitrogen and oxygen atoms in total. The molecule has 1 aliphatic heterocycles. The summed E-state index contributed by atoms with van der Waals surface area (Å²) < 4.78 is 0. The van der Waals surface area contributed by atoms with Crippen LogP contribution in [-0.2, 0) is 0 Å². The molecule has 18 heavy (non-hydrogen) atoms. The Morgan fingerprint density at radius 3 is 2.50 bits per heavy atom. The first kappa shape index (κ1) is 14.3. The molecule has 2 fully saturated rings. The van der Waals surface area contributed by atoms with E-state index < -0.39 is 0 Å². The highest BCUT2D eigenvalue weighted by Crippen LogP contribution is 2.38. The molecule has 3 atom stereocenters. The lowest BCUT2D eigenvalue weighted by Crippen LogP contribution is -2.53. The van der Waals surface area contributed by atoms with Gasteiger partial charge in [-0.05, 0) is 50.5 Å². The van der Waals surface area contributed by atoms with Gasteiger partial charge in [0, 0.05) is 25.2 Å². The van der Waals surface area contributed by atoms with Crippen molar-refractivity contribution >= 4 is 0 Å². The molecular formula is C16H32N2. The number of likely N-dealkylation sites (tertiary alicyclic amines) is 1. The van der Waals surface area contributed by atoms with Crippen LogP contribution >= 0.6 is 0 Å². The van der Waals surface area contributed by atoms with Gasteiger partial charge in [-0.25, -0.2) is 0 Å². The Kier molecular flexibility index (Phi) is 5.50. The third-order valence-electron chi connectivity index (χ3n) is 4.88. The molecule has 0 aromatic heterocycles. The maximum absolute atomic E-state index is 3.76. The van der Waals surface area contributed by atoms with Crippen LogP contribution < -0.4 is 5.32 Å². The van der Waals surface area contributed by atoms with Gasteiger partial charge in [0.2, 0.25) is 0 Å². The fourth-order valence-electron chi connectivity index (χ4n) is 3.67. The summed E-state index contributed by atoms with van der Waals surface area (Å²) >= 11 is 0. The molecule has 0 radical (unpaired) electrons. The van der Waals surface area contributed by atoms with Gasteiger partial charge in [-0.1, -0.05) is 27.2 Å². The van der Waals surface area contributed by atoms with Crippen LogP contribution in [0, 0.1) is 11.8 Å². The minimum atomic E-state index is 0.747. The van der Waals surface area contributed by atoms with E-state index in [0.29, 0.717) is 0 Å². The van der Waals surface area contributed by atoms with Crippen molar-refractivity contribution in [2.24, 2.45) is 11.8 Å². The molecule has 1 heterocycles. The Bertz CT molecular complexity index is 237. The van der Waals surface area contributed by atoms with E-state index >= 15 is 0 Å². The topological polar surface area (TPSA) is 15.3 Å². The summed E-state index contributed by atoms with van der Waals surface area (Å²) in [6.45, 7) is 10.9. The van der Waals surface area contributed by atoms with Gasteiger partial charge < -0.3 is 5.32 Å². The van der Waals surface area contributed by atoms with Crippen LogP contribution in [0.3, 0.4) is 0 Å². The molecule has 1 saturated heterocycles. The monoisotopic (exact) mass is 252 g/mol. The van der Waals surface area contributed by atoms with E-state index in [4.69, 9.17) is 0 Å². The highest BCUT2D eigenvalue weighted by Gasteiger charge is 2.37. The number of nitrogens with one attached hydrogen (secondary N) is 1. The molecule has 0 spiro atoms. The normalized spacial score (nSPS) is 31.5. The average Bonchev–Trinajstić information content (AvgIpc) is 3.21. The van der Waals surface area contributed by atoms with Crippen LogP contribution in [0.1, 0.15) is 59.3 Å². The summed E-state index contributed by atoms with van der Waals surface area (Å²) in [5.74, 6) is 1.94. The van der Waals surface area contributed by atoms with Crippen molar-refractivity contribution in [3.8, 4) is 0 Å². The lowest BCUT2D eigenvalue weighted by atomic mass is 9.90. The molecule has 0 aromatic carbocycles. The molecule has 1 N–H and O–H groups in total. The van der Waals surface area contributed by atoms with E-state index in [0.717, 1.165) is 23.9 Å². The lowest BCUT2D eigenvalue weighted by Gasteiger charge is -2.42. The number of hydrogen-bond donors (Lipinski definition) is 1. The van der Waals surface area contributed by atoms with Crippen molar-refractivity contribution in [2.75, 3.05) is 19.6 Å². The van der Waals surface area contributed by atoms with Crippen LogP contribution in [0.25, 0.3) is 0 Å². The van der Waals surface area contributed by atoms with E-state index in [2.05, 4.69) is 31.0 Å². The fourth-order valence-corrected chi connectivity index (χ4v) is 3.67. The summed E-state index contributed by atoms with van der Waals surface area (Å²) in [5, 5.41) is 3.76. The molecule has 2 heteroatoms. The molecule has 0 amide bonds. The molecule has 0 aromatic rings. The van der Waals surface area contributed by atoms with Gasteiger partial charge in [0.25, 0.3) is 0 Å². The quantitative estimate of drug-likeness (QED) is 0.748. The van der Waals surface area contributed by atoms with Crippen molar-refractivity contribution in [1.29, 1.82) is 0 Å². The predicted octanol–water partition coefficient (Wildman–Crippen LogP) is 3.28. The second-order valence-corrected chi connectivity index (χ2v) is 6.43. The van der Waals surface area contributed by atoms with Gasteiger partial charge in [0.15, 0.2) is 0 Å². The molecule has 1 saturated carbocycles. The Labute approximate surface area is 114 Å². The number of rotatable bonds is 7. The molecular weight excluding hydrogens is 220 g/mol. The van der Waals surface area contributed by atoms with E-state index in [1.807, 2.05) is 0 Å². The summed E-state index contributed by atoms with van der Waals surface area (Å²) in [4.78, 5) is 2.82. The van der Waals surface area contributed by atoms with Crippen molar-refractivity contribution < 1.29 is 0 Å². The average molecular weight is 252 g/mol. The molecule has 3 unspecified atom stereocenters. The van der Waals surface area contributed by atoms with Crippen molar-refractivity contribution in [3.05, 3.63) is 0 Å². The first-order valence-corrected chi connectivity index (χ1v) is 8.25. The third-order valence-corrected chi connectivity index (χ3v) is 4.88. The van der Waals surface area contributed by atoms with Gasteiger partial charge in [-0.15, -0.1) is 0 Å². The van der Waals surface area contributed by atoms with E-state index in [-0.39, 0.29) is 0 Å². The molecule has 2 aliphatic rings. The lowest BCUT2D eigenvalue weighted by molar-refractivity contribution is 0.0826. The number of nitrogens with zero attached hydrogens (tertiary/aromatic N) is 1. The zero-order valence-electron chi connectivity index (χ0n) is 12.6. The smallest absolute Gasteiger partial charge is 0.0198 e. The minimum Gasteiger partial charge on any atom is -0.313 e. The van der Waals surface area contributed by atoms with Gasteiger partial charge in [0.05, 0.1) is 0 Å². The summed E-state index contributed by atoms with van der Waals surface area (Å²) in [7, 11) is 0. The minimum absolute atomic E-state index is 0.747. The summed E-state index contributed by atoms with van der Waals surface area (Å²) in [6, 6.07) is 1.63. The second kappa shape index (κ2) is 6.91. The van der Waals surface area contributed by atoms with Crippen molar-refractivity contribution in [3.63, 3.8) is 0 Å². The highest BCUT2D eigenvalue weighted by molar-refractivity contribution is 4.92. The van der Waals surface area contributed by atoms with E-state index in [9.17, 15) is 0 Å². The zero-order valence-corrected chi connectivity index (χ0v) is 12.6. The SMILES string of the molecule is CCCNC1CC(CC)CN(C(CC)C2CC2)C1. The second-order valence-electron chi connectivity index (χ2n) is 6.43. The standard InChI is InChI=1S/C16H32N2/c1-4-9-17-15-10-13(5-2)11-18(12-15)16(6-3)14-7-8-14/h13-17H,4-12H2,1-3H3. The third kappa shape index (κ3) is 3.71. The largest absolute Gasteiger partial charge is 0.313 e.